The summed E-state index contributed by atoms with van der Waals surface area (Å²) in [4.78, 5) is 19.5. The number of nitro benzene ring substituents is 1. The van der Waals surface area contributed by atoms with Gasteiger partial charge in [0.15, 0.2) is 17.3 Å². The van der Waals surface area contributed by atoms with Crippen molar-refractivity contribution in [2.24, 2.45) is 0 Å². The number of hydrogen-bond donors (Lipinski definition) is 1. The summed E-state index contributed by atoms with van der Waals surface area (Å²) in [7, 11) is 0. The maximum Gasteiger partial charge on any atom is 0.334 e. The third-order valence-electron chi connectivity index (χ3n) is 1.73. The summed E-state index contributed by atoms with van der Waals surface area (Å²) >= 11 is 0. The molecule has 5 nitrogen and oxygen atoms in total. The quantitative estimate of drug-likeness (QED) is 0.288. The highest BCUT2D eigenvalue weighted by atomic mass is 19.2. The Morgan fingerprint density at radius 2 is 1.59 bits per heavy atom. The fourth-order valence-corrected chi connectivity index (χ4v) is 1.08. The fourth-order valence-electron chi connectivity index (χ4n) is 1.08. The summed E-state index contributed by atoms with van der Waals surface area (Å²) in [5, 5.41) is 11.9. The molecule has 0 aromatic heterocycles. The number of carbonyl (C=O) groups excluding carboxylic acids is 1. The Hall–Kier alpha value is -2.19. The molecule has 0 unspecified atom stereocenters. The molecule has 0 aliphatic rings. The molecule has 0 aliphatic heterocycles. The van der Waals surface area contributed by atoms with Crippen molar-refractivity contribution in [2.45, 2.75) is 6.92 Å². The lowest BCUT2D eigenvalue weighted by Gasteiger charge is -2.07. The molecule has 9 heteroatoms. The van der Waals surface area contributed by atoms with Gasteiger partial charge in [-0.3, -0.25) is 14.9 Å². The van der Waals surface area contributed by atoms with Crippen LogP contribution in [0.1, 0.15) is 6.92 Å². The molecular formula is C8H4F4N2O3. The van der Waals surface area contributed by atoms with Crippen molar-refractivity contribution >= 4 is 17.3 Å². The zero-order valence-electron chi connectivity index (χ0n) is 8.18. The van der Waals surface area contributed by atoms with E-state index in [4.69, 9.17) is 0 Å². The van der Waals surface area contributed by atoms with Crippen molar-refractivity contribution in [1.29, 1.82) is 0 Å². The zero-order chi connectivity index (χ0) is 13.3. The van der Waals surface area contributed by atoms with Gasteiger partial charge in [-0.2, -0.15) is 4.39 Å². The van der Waals surface area contributed by atoms with Gasteiger partial charge in [0.25, 0.3) is 0 Å². The second-order valence-corrected chi connectivity index (χ2v) is 2.92. The largest absolute Gasteiger partial charge is 0.334 e. The van der Waals surface area contributed by atoms with Crippen LogP contribution in [0.2, 0.25) is 0 Å². The standard InChI is InChI=1S/C8H4F4N2O3/c1-2(15)13-7-5(11)3(9)4(10)6(12)8(7)14(16)17/h1H3,(H,13,15). The van der Waals surface area contributed by atoms with Crippen LogP contribution in [0.5, 0.6) is 0 Å². The highest BCUT2D eigenvalue weighted by Crippen LogP contribution is 2.34. The predicted molar refractivity (Wildman–Crippen MR) is 47.2 cm³/mol. The molecule has 1 amide bonds. The minimum atomic E-state index is -2.32. The van der Waals surface area contributed by atoms with Gasteiger partial charge < -0.3 is 5.32 Å². The number of nitrogens with zero attached hydrogens (tertiary/aromatic N) is 1. The SMILES string of the molecule is CC(=O)Nc1c(F)c(F)c(F)c(F)c1[N+](=O)[O-]. The van der Waals surface area contributed by atoms with Crippen LogP contribution >= 0.6 is 0 Å². The number of rotatable bonds is 2. The molecule has 1 rings (SSSR count). The number of carbonyl (C=O) groups is 1. The van der Waals surface area contributed by atoms with E-state index in [-0.39, 0.29) is 0 Å². The summed E-state index contributed by atoms with van der Waals surface area (Å²) in [5.74, 6) is -9.78. The van der Waals surface area contributed by atoms with E-state index in [0.29, 0.717) is 0 Å². The van der Waals surface area contributed by atoms with E-state index >= 15 is 0 Å². The molecule has 1 aromatic rings. The van der Waals surface area contributed by atoms with Crippen LogP contribution in [0.3, 0.4) is 0 Å². The van der Waals surface area contributed by atoms with Gasteiger partial charge in [0.05, 0.1) is 4.92 Å². The molecular weight excluding hydrogens is 248 g/mol. The smallest absolute Gasteiger partial charge is 0.318 e. The Morgan fingerprint density at radius 1 is 1.12 bits per heavy atom. The fraction of sp³-hybridized carbons (Fsp3) is 0.125. The Balaban J connectivity index is 3.65. The first-order valence-corrected chi connectivity index (χ1v) is 4.05. The van der Waals surface area contributed by atoms with Gasteiger partial charge in [0.1, 0.15) is 0 Å². The minimum Gasteiger partial charge on any atom is -0.318 e. The molecule has 0 heterocycles. The topological polar surface area (TPSA) is 72.2 Å². The third-order valence-corrected chi connectivity index (χ3v) is 1.73. The van der Waals surface area contributed by atoms with Gasteiger partial charge in [-0.25, -0.2) is 13.2 Å². The molecule has 0 bridgehead atoms. The van der Waals surface area contributed by atoms with E-state index in [1.807, 2.05) is 0 Å². The number of anilines is 1. The van der Waals surface area contributed by atoms with Gasteiger partial charge in [0, 0.05) is 6.92 Å². The molecule has 1 aromatic carbocycles. The minimum absolute atomic E-state index is 0.836. The molecule has 17 heavy (non-hydrogen) atoms. The number of hydrogen-bond acceptors (Lipinski definition) is 3. The van der Waals surface area contributed by atoms with Crippen molar-refractivity contribution in [2.75, 3.05) is 5.32 Å². The molecule has 0 radical (unpaired) electrons. The average molecular weight is 252 g/mol. The first-order valence-electron chi connectivity index (χ1n) is 4.05. The molecule has 0 aliphatic carbocycles. The van der Waals surface area contributed by atoms with Crippen LogP contribution in [0.15, 0.2) is 0 Å². The first-order chi connectivity index (χ1) is 7.77. The van der Waals surface area contributed by atoms with E-state index in [0.717, 1.165) is 6.92 Å². The lowest BCUT2D eigenvalue weighted by Crippen LogP contribution is -2.13. The number of amides is 1. The molecule has 0 saturated carbocycles. The van der Waals surface area contributed by atoms with Gasteiger partial charge in [0.2, 0.25) is 17.5 Å². The highest BCUT2D eigenvalue weighted by Gasteiger charge is 2.33. The van der Waals surface area contributed by atoms with E-state index < -0.39 is 45.5 Å². The summed E-state index contributed by atoms with van der Waals surface area (Å²) in [5.41, 5.74) is -3.02. The van der Waals surface area contributed by atoms with Crippen LogP contribution in [0.25, 0.3) is 0 Å². The second kappa shape index (κ2) is 4.36. The van der Waals surface area contributed by atoms with Crippen LogP contribution in [-0.4, -0.2) is 10.8 Å². The summed E-state index contributed by atoms with van der Waals surface area (Å²) in [6.45, 7) is 0.836. The summed E-state index contributed by atoms with van der Waals surface area (Å²) in [6, 6.07) is 0. The van der Waals surface area contributed by atoms with Gasteiger partial charge in [-0.15, -0.1) is 0 Å². The lowest BCUT2D eigenvalue weighted by molar-refractivity contribution is -0.387. The number of halogens is 4. The van der Waals surface area contributed by atoms with Crippen molar-refractivity contribution in [3.8, 4) is 0 Å². The third kappa shape index (κ3) is 2.17. The average Bonchev–Trinajstić information content (AvgIpc) is 2.22. The van der Waals surface area contributed by atoms with E-state index in [2.05, 4.69) is 0 Å². The van der Waals surface area contributed by atoms with Crippen LogP contribution in [-0.2, 0) is 4.79 Å². The lowest BCUT2D eigenvalue weighted by atomic mass is 10.2. The van der Waals surface area contributed by atoms with Gasteiger partial charge >= 0.3 is 5.69 Å². The van der Waals surface area contributed by atoms with E-state index in [1.54, 1.807) is 0 Å². The predicted octanol–water partition coefficient (Wildman–Crippen LogP) is 2.11. The van der Waals surface area contributed by atoms with E-state index in [1.165, 1.54) is 5.32 Å². The first kappa shape index (κ1) is 12.9. The summed E-state index contributed by atoms with van der Waals surface area (Å²) < 4.78 is 51.7. The summed E-state index contributed by atoms with van der Waals surface area (Å²) in [6.07, 6.45) is 0. The maximum atomic E-state index is 13.1. The molecule has 0 saturated heterocycles. The van der Waals surface area contributed by atoms with Crippen molar-refractivity contribution in [3.05, 3.63) is 33.4 Å². The Kier molecular flexibility index (Phi) is 3.30. The Bertz CT molecular complexity index is 518. The zero-order valence-corrected chi connectivity index (χ0v) is 8.18. The molecule has 0 spiro atoms. The monoisotopic (exact) mass is 252 g/mol. The molecule has 0 fully saturated rings. The Labute approximate surface area is 91.2 Å². The van der Waals surface area contributed by atoms with Crippen LogP contribution in [0, 0.1) is 33.4 Å². The van der Waals surface area contributed by atoms with Crippen LogP contribution < -0.4 is 5.32 Å². The van der Waals surface area contributed by atoms with Crippen molar-refractivity contribution < 1.29 is 27.3 Å². The Morgan fingerprint density at radius 3 is 2.00 bits per heavy atom. The number of nitrogens with one attached hydrogen (secondary N) is 1. The number of benzene rings is 1. The molecule has 1 N–H and O–H groups in total. The molecule has 92 valence electrons. The van der Waals surface area contributed by atoms with E-state index in [9.17, 15) is 32.5 Å². The second-order valence-electron chi connectivity index (χ2n) is 2.92. The van der Waals surface area contributed by atoms with Crippen molar-refractivity contribution in [1.82, 2.24) is 0 Å². The normalized spacial score (nSPS) is 10.2. The number of nitro groups is 1. The van der Waals surface area contributed by atoms with Crippen LogP contribution in [0.4, 0.5) is 28.9 Å². The van der Waals surface area contributed by atoms with Gasteiger partial charge in [-0.1, -0.05) is 0 Å². The maximum absolute atomic E-state index is 13.1. The van der Waals surface area contributed by atoms with Gasteiger partial charge in [-0.05, 0) is 0 Å². The highest BCUT2D eigenvalue weighted by molar-refractivity contribution is 5.91. The molecule has 0 atom stereocenters. The van der Waals surface area contributed by atoms with Crippen molar-refractivity contribution in [3.63, 3.8) is 0 Å².